The van der Waals surface area contributed by atoms with Crippen LogP contribution in [0.5, 0.6) is 0 Å². The van der Waals surface area contributed by atoms with E-state index < -0.39 is 0 Å². The van der Waals surface area contributed by atoms with Gasteiger partial charge in [-0.3, -0.25) is 5.01 Å². The maximum Gasteiger partial charge on any atom is 0.223 e. The first-order valence-electron chi connectivity index (χ1n) is 4.87. The molecule has 1 atom stereocenters. The van der Waals surface area contributed by atoms with E-state index in [0.29, 0.717) is 19.0 Å². The lowest BCUT2D eigenvalue weighted by molar-refractivity contribution is 0.278. The number of rotatable bonds is 4. The fourth-order valence-corrected chi connectivity index (χ4v) is 1.66. The van der Waals surface area contributed by atoms with Gasteiger partial charge in [0.2, 0.25) is 5.95 Å². The topological polar surface area (TPSA) is 53.4 Å². The lowest BCUT2D eigenvalue weighted by atomic mass is 10.3. The molecule has 0 saturated carbocycles. The van der Waals surface area contributed by atoms with Gasteiger partial charge >= 0.3 is 0 Å². The van der Waals surface area contributed by atoms with Gasteiger partial charge in [0.05, 0.1) is 19.1 Å². The van der Waals surface area contributed by atoms with Gasteiger partial charge in [-0.25, -0.2) is 14.4 Å². The van der Waals surface area contributed by atoms with E-state index in [4.69, 9.17) is 0 Å². The molecule has 1 aliphatic heterocycles. The summed E-state index contributed by atoms with van der Waals surface area (Å²) in [6, 6.07) is 0.0478. The van der Waals surface area contributed by atoms with Gasteiger partial charge < -0.3 is 5.32 Å². The summed E-state index contributed by atoms with van der Waals surface area (Å²) in [5.41, 5.74) is 0. The molecule has 16 heavy (non-hydrogen) atoms. The number of halogens is 2. The van der Waals surface area contributed by atoms with Gasteiger partial charge in [0.15, 0.2) is 0 Å². The van der Waals surface area contributed by atoms with Gasteiger partial charge in [-0.05, 0) is 22.6 Å². The van der Waals surface area contributed by atoms with Crippen molar-refractivity contribution in [1.82, 2.24) is 15.0 Å². The van der Waals surface area contributed by atoms with Crippen molar-refractivity contribution in [2.45, 2.75) is 6.04 Å². The molecular formula is C9H11FIN5. The van der Waals surface area contributed by atoms with Crippen LogP contribution in [0.4, 0.5) is 10.3 Å². The van der Waals surface area contributed by atoms with E-state index in [1.165, 1.54) is 0 Å². The maximum atomic E-state index is 12.1. The first-order valence-corrected chi connectivity index (χ1v) is 5.95. The molecule has 1 unspecified atom stereocenters. The Labute approximate surface area is 106 Å². The Morgan fingerprint density at radius 2 is 2.25 bits per heavy atom. The van der Waals surface area contributed by atoms with Crippen molar-refractivity contribution in [1.29, 1.82) is 0 Å². The van der Waals surface area contributed by atoms with Gasteiger partial charge in [0.1, 0.15) is 6.67 Å². The van der Waals surface area contributed by atoms with Crippen LogP contribution in [0.15, 0.2) is 17.5 Å². The van der Waals surface area contributed by atoms with E-state index in [9.17, 15) is 4.39 Å². The molecule has 2 heterocycles. The lowest BCUT2D eigenvalue weighted by Gasteiger charge is -2.14. The number of hydrogen-bond acceptors (Lipinski definition) is 5. The van der Waals surface area contributed by atoms with Crippen LogP contribution in [-0.4, -0.2) is 47.0 Å². The third kappa shape index (κ3) is 3.00. The Balaban J connectivity index is 1.88. The van der Waals surface area contributed by atoms with E-state index in [-0.39, 0.29) is 12.7 Å². The Kier molecular flexibility index (Phi) is 3.86. The average molecular weight is 335 g/mol. The fourth-order valence-electron chi connectivity index (χ4n) is 1.38. The number of aromatic nitrogens is 2. The van der Waals surface area contributed by atoms with Crippen LogP contribution in [0.2, 0.25) is 0 Å². The van der Waals surface area contributed by atoms with Crippen molar-refractivity contribution in [2.24, 2.45) is 5.10 Å². The minimum Gasteiger partial charge on any atom is -0.345 e. The molecule has 7 heteroatoms. The van der Waals surface area contributed by atoms with E-state index in [1.54, 1.807) is 23.6 Å². The summed E-state index contributed by atoms with van der Waals surface area (Å²) in [6.45, 7) is 0.603. The molecule has 1 N–H and O–H groups in total. The van der Waals surface area contributed by atoms with Crippen LogP contribution in [0.25, 0.3) is 0 Å². The second kappa shape index (κ2) is 5.37. The van der Waals surface area contributed by atoms with Crippen molar-refractivity contribution in [3.8, 4) is 0 Å². The Morgan fingerprint density at radius 1 is 1.50 bits per heavy atom. The number of nitrogens with one attached hydrogen (secondary N) is 1. The molecule has 0 aliphatic carbocycles. The van der Waals surface area contributed by atoms with Crippen molar-refractivity contribution >= 4 is 34.8 Å². The summed E-state index contributed by atoms with van der Waals surface area (Å²) >= 11 is 2.15. The first kappa shape index (κ1) is 11.5. The molecular weight excluding hydrogens is 324 g/mol. The largest absolute Gasteiger partial charge is 0.345 e. The smallest absolute Gasteiger partial charge is 0.223 e. The molecule has 0 spiro atoms. The van der Waals surface area contributed by atoms with Crippen LogP contribution in [0, 0.1) is 3.57 Å². The highest BCUT2D eigenvalue weighted by Gasteiger charge is 2.17. The second-order valence-corrected chi connectivity index (χ2v) is 4.59. The highest BCUT2D eigenvalue weighted by molar-refractivity contribution is 14.1. The Hall–Kier alpha value is -0.990. The monoisotopic (exact) mass is 335 g/mol. The molecule has 1 aliphatic rings. The predicted molar refractivity (Wildman–Crippen MR) is 68.2 cm³/mol. The third-order valence-electron chi connectivity index (χ3n) is 2.09. The maximum absolute atomic E-state index is 12.1. The zero-order valence-electron chi connectivity index (χ0n) is 8.48. The summed E-state index contributed by atoms with van der Waals surface area (Å²) in [7, 11) is 0. The third-order valence-corrected chi connectivity index (χ3v) is 2.65. The molecule has 0 saturated heterocycles. The standard InChI is InChI=1S/C9H11FIN5/c10-1-2-16-6-8(5-14-16)15-9-12-3-7(11)4-13-9/h3-5,8H,1-2,6H2,(H,12,13,15). The molecule has 1 aromatic rings. The molecule has 0 amide bonds. The molecule has 2 rings (SSSR count). The van der Waals surface area contributed by atoms with Gasteiger partial charge in [-0.15, -0.1) is 0 Å². The van der Waals surface area contributed by atoms with Crippen LogP contribution >= 0.6 is 22.6 Å². The van der Waals surface area contributed by atoms with Crippen molar-refractivity contribution < 1.29 is 4.39 Å². The normalized spacial score (nSPS) is 19.1. The minimum atomic E-state index is -0.385. The predicted octanol–water partition coefficient (Wildman–Crippen LogP) is 1.13. The van der Waals surface area contributed by atoms with E-state index >= 15 is 0 Å². The van der Waals surface area contributed by atoms with Gasteiger partial charge in [-0.2, -0.15) is 5.10 Å². The van der Waals surface area contributed by atoms with E-state index in [2.05, 4.69) is 43.0 Å². The number of anilines is 1. The van der Waals surface area contributed by atoms with E-state index in [0.717, 1.165) is 3.57 Å². The Morgan fingerprint density at radius 3 is 2.94 bits per heavy atom. The molecule has 86 valence electrons. The minimum absolute atomic E-state index is 0.0478. The van der Waals surface area contributed by atoms with Crippen LogP contribution in [0.1, 0.15) is 0 Å². The van der Waals surface area contributed by atoms with Crippen LogP contribution in [0.3, 0.4) is 0 Å². The lowest BCUT2D eigenvalue weighted by Crippen LogP contribution is -2.29. The van der Waals surface area contributed by atoms with Crippen molar-refractivity contribution in [2.75, 3.05) is 25.1 Å². The summed E-state index contributed by atoms with van der Waals surface area (Å²) in [6.07, 6.45) is 5.22. The number of hydrazone groups is 1. The number of alkyl halides is 1. The van der Waals surface area contributed by atoms with Gasteiger partial charge in [-0.1, -0.05) is 0 Å². The number of nitrogens with zero attached hydrogens (tertiary/aromatic N) is 4. The SMILES string of the molecule is FCCN1CC(Nc2ncc(I)cn2)C=N1. The van der Waals surface area contributed by atoms with Gasteiger partial charge in [0.25, 0.3) is 0 Å². The average Bonchev–Trinajstić information content (AvgIpc) is 2.70. The molecule has 0 fully saturated rings. The molecule has 5 nitrogen and oxygen atoms in total. The summed E-state index contributed by atoms with van der Waals surface area (Å²) < 4.78 is 13.1. The first-order chi connectivity index (χ1) is 7.78. The molecule has 0 bridgehead atoms. The molecule has 1 aromatic heterocycles. The Bertz CT molecular complexity index is 369. The van der Waals surface area contributed by atoms with Crippen molar-refractivity contribution in [3.63, 3.8) is 0 Å². The summed E-state index contributed by atoms with van der Waals surface area (Å²) in [4.78, 5) is 8.26. The fraction of sp³-hybridized carbons (Fsp3) is 0.444. The van der Waals surface area contributed by atoms with Crippen LogP contribution in [-0.2, 0) is 0 Å². The van der Waals surface area contributed by atoms with E-state index in [1.807, 2.05) is 0 Å². The summed E-state index contributed by atoms with van der Waals surface area (Å²) in [5.74, 6) is 0.568. The highest BCUT2D eigenvalue weighted by Crippen LogP contribution is 2.07. The zero-order valence-corrected chi connectivity index (χ0v) is 10.6. The van der Waals surface area contributed by atoms with Crippen LogP contribution < -0.4 is 5.32 Å². The molecule has 0 aromatic carbocycles. The second-order valence-electron chi connectivity index (χ2n) is 3.34. The summed E-state index contributed by atoms with van der Waals surface area (Å²) in [5, 5.41) is 8.87. The quantitative estimate of drug-likeness (QED) is 0.839. The number of hydrogen-bond donors (Lipinski definition) is 1. The van der Waals surface area contributed by atoms with Crippen molar-refractivity contribution in [3.05, 3.63) is 16.0 Å². The molecule has 0 radical (unpaired) electrons. The zero-order chi connectivity index (χ0) is 11.4. The van der Waals surface area contributed by atoms with Gasteiger partial charge in [0, 0.05) is 22.2 Å². The highest BCUT2D eigenvalue weighted by atomic mass is 127.